The van der Waals surface area contributed by atoms with Crippen molar-refractivity contribution in [3.63, 3.8) is 0 Å². The average Bonchev–Trinajstić information content (AvgIpc) is 2.32. The van der Waals surface area contributed by atoms with Gasteiger partial charge in [-0.2, -0.15) is 0 Å². The van der Waals surface area contributed by atoms with Gasteiger partial charge in [0, 0.05) is 11.6 Å². The molecule has 1 aromatic carbocycles. The fourth-order valence-corrected chi connectivity index (χ4v) is 1.86. The van der Waals surface area contributed by atoms with E-state index in [2.05, 4.69) is 26.1 Å². The molecular formula is C15H24ClNO. The summed E-state index contributed by atoms with van der Waals surface area (Å²) in [4.78, 5) is 0. The van der Waals surface area contributed by atoms with Crippen LogP contribution in [0.25, 0.3) is 0 Å². The van der Waals surface area contributed by atoms with Crippen molar-refractivity contribution in [3.8, 4) is 5.75 Å². The normalized spacial score (nSPS) is 12.8. The highest BCUT2D eigenvalue weighted by Crippen LogP contribution is 2.24. The second-order valence-electron chi connectivity index (χ2n) is 5.01. The lowest BCUT2D eigenvalue weighted by Gasteiger charge is -2.24. The maximum Gasteiger partial charge on any atom is 0.124 e. The summed E-state index contributed by atoms with van der Waals surface area (Å²) in [5.41, 5.74) is 1.13. The molecule has 18 heavy (non-hydrogen) atoms. The number of aryl methyl sites for hydroxylation is 1. The van der Waals surface area contributed by atoms with Crippen molar-refractivity contribution in [1.29, 1.82) is 0 Å². The molecular weight excluding hydrogens is 246 g/mol. The molecule has 2 nitrogen and oxygen atoms in total. The molecule has 1 unspecified atom stereocenters. The number of nitrogens with one attached hydrogen (secondary N) is 1. The van der Waals surface area contributed by atoms with Crippen LogP contribution in [0.1, 0.15) is 32.8 Å². The van der Waals surface area contributed by atoms with Crippen molar-refractivity contribution < 1.29 is 4.74 Å². The van der Waals surface area contributed by atoms with Crippen LogP contribution >= 0.6 is 11.6 Å². The van der Waals surface area contributed by atoms with Crippen LogP contribution in [0.15, 0.2) is 18.2 Å². The lowest BCUT2D eigenvalue weighted by atomic mass is 10.1. The topological polar surface area (TPSA) is 21.3 Å². The Bertz CT molecular complexity index is 366. The Morgan fingerprint density at radius 1 is 1.33 bits per heavy atom. The molecule has 0 aromatic heterocycles. The minimum Gasteiger partial charge on any atom is -0.489 e. The van der Waals surface area contributed by atoms with E-state index >= 15 is 0 Å². The first-order valence-corrected chi connectivity index (χ1v) is 7.06. The molecule has 1 rings (SSSR count). The number of rotatable bonds is 7. The zero-order valence-corrected chi connectivity index (χ0v) is 12.6. The van der Waals surface area contributed by atoms with E-state index in [1.165, 1.54) is 0 Å². The highest BCUT2D eigenvalue weighted by Gasteiger charge is 2.15. The number of hydrogen-bond acceptors (Lipinski definition) is 2. The van der Waals surface area contributed by atoms with Gasteiger partial charge >= 0.3 is 0 Å². The molecule has 0 aliphatic rings. The Morgan fingerprint density at radius 3 is 2.67 bits per heavy atom. The Labute approximate surface area is 116 Å². The van der Waals surface area contributed by atoms with E-state index < -0.39 is 0 Å². The van der Waals surface area contributed by atoms with Crippen molar-refractivity contribution in [2.24, 2.45) is 5.92 Å². The van der Waals surface area contributed by atoms with Gasteiger partial charge in [0.05, 0.1) is 0 Å². The third-order valence-corrected chi connectivity index (χ3v) is 3.18. The van der Waals surface area contributed by atoms with Gasteiger partial charge in [-0.25, -0.2) is 0 Å². The summed E-state index contributed by atoms with van der Waals surface area (Å²) in [5.74, 6) is 1.35. The van der Waals surface area contributed by atoms with Gasteiger partial charge in [-0.05, 0) is 43.5 Å². The quantitative estimate of drug-likeness (QED) is 0.754. The van der Waals surface area contributed by atoms with E-state index in [9.17, 15) is 0 Å². The minimum atomic E-state index is 0.175. The zero-order valence-electron chi connectivity index (χ0n) is 11.8. The Balaban J connectivity index is 2.67. The molecule has 3 heteroatoms. The van der Waals surface area contributed by atoms with Crippen molar-refractivity contribution in [1.82, 2.24) is 5.32 Å². The van der Waals surface area contributed by atoms with E-state index in [0.717, 1.165) is 35.8 Å². The van der Waals surface area contributed by atoms with Gasteiger partial charge in [0.25, 0.3) is 0 Å². The standard InChI is InChI=1S/C15H24ClNO/c1-5-8-17-10-15(11(2)3)18-14-9-13(16)7-6-12(14)4/h6-7,9,11,15,17H,5,8,10H2,1-4H3. The smallest absolute Gasteiger partial charge is 0.124 e. The lowest BCUT2D eigenvalue weighted by molar-refractivity contribution is 0.148. The molecule has 0 amide bonds. The minimum absolute atomic E-state index is 0.175. The largest absolute Gasteiger partial charge is 0.489 e. The average molecular weight is 270 g/mol. The zero-order chi connectivity index (χ0) is 13.5. The van der Waals surface area contributed by atoms with Gasteiger partial charge in [-0.3, -0.25) is 0 Å². The highest BCUT2D eigenvalue weighted by atomic mass is 35.5. The first kappa shape index (κ1) is 15.3. The lowest BCUT2D eigenvalue weighted by Crippen LogP contribution is -2.35. The number of halogens is 1. The molecule has 0 aliphatic heterocycles. The van der Waals surface area contributed by atoms with E-state index in [1.54, 1.807) is 0 Å². The summed E-state index contributed by atoms with van der Waals surface area (Å²) >= 11 is 6.01. The Kier molecular flexibility index (Phi) is 6.51. The Hall–Kier alpha value is -0.730. The molecule has 1 atom stereocenters. The van der Waals surface area contributed by atoms with Crippen LogP contribution in [-0.4, -0.2) is 19.2 Å². The molecule has 0 saturated carbocycles. The molecule has 0 heterocycles. The second kappa shape index (κ2) is 7.65. The fourth-order valence-electron chi connectivity index (χ4n) is 1.70. The third-order valence-electron chi connectivity index (χ3n) is 2.94. The fraction of sp³-hybridized carbons (Fsp3) is 0.600. The molecule has 0 bridgehead atoms. The molecule has 0 spiro atoms. The first-order valence-electron chi connectivity index (χ1n) is 6.68. The summed E-state index contributed by atoms with van der Waals surface area (Å²) in [6.07, 6.45) is 1.31. The van der Waals surface area contributed by atoms with Crippen LogP contribution in [-0.2, 0) is 0 Å². The predicted molar refractivity (Wildman–Crippen MR) is 78.6 cm³/mol. The SMILES string of the molecule is CCCNCC(Oc1cc(Cl)ccc1C)C(C)C. The van der Waals surface area contributed by atoms with E-state index in [4.69, 9.17) is 16.3 Å². The van der Waals surface area contributed by atoms with Crippen LogP contribution in [0.2, 0.25) is 5.02 Å². The second-order valence-corrected chi connectivity index (χ2v) is 5.45. The molecule has 0 saturated heterocycles. The van der Waals surface area contributed by atoms with Gasteiger partial charge in [-0.1, -0.05) is 38.4 Å². The van der Waals surface area contributed by atoms with Crippen molar-refractivity contribution in [2.75, 3.05) is 13.1 Å². The van der Waals surface area contributed by atoms with Gasteiger partial charge in [0.15, 0.2) is 0 Å². The highest BCUT2D eigenvalue weighted by molar-refractivity contribution is 6.30. The van der Waals surface area contributed by atoms with E-state index in [1.807, 2.05) is 25.1 Å². The number of ether oxygens (including phenoxy) is 1. The van der Waals surface area contributed by atoms with Gasteiger partial charge in [0.2, 0.25) is 0 Å². The molecule has 102 valence electrons. The summed E-state index contributed by atoms with van der Waals surface area (Å²) in [5, 5.41) is 4.13. The third kappa shape index (κ3) is 4.87. The monoisotopic (exact) mass is 269 g/mol. The predicted octanol–water partition coefficient (Wildman–Crippen LogP) is 4.05. The molecule has 1 N–H and O–H groups in total. The maximum atomic E-state index is 6.09. The van der Waals surface area contributed by atoms with Crippen LogP contribution in [0.5, 0.6) is 5.75 Å². The summed E-state index contributed by atoms with van der Waals surface area (Å²) in [7, 11) is 0. The maximum absolute atomic E-state index is 6.09. The van der Waals surface area contributed by atoms with Crippen LogP contribution in [0.4, 0.5) is 0 Å². The van der Waals surface area contributed by atoms with Crippen molar-refractivity contribution in [2.45, 2.75) is 40.2 Å². The van der Waals surface area contributed by atoms with Crippen LogP contribution in [0.3, 0.4) is 0 Å². The van der Waals surface area contributed by atoms with E-state index in [0.29, 0.717) is 5.92 Å². The van der Waals surface area contributed by atoms with Gasteiger partial charge < -0.3 is 10.1 Å². The first-order chi connectivity index (χ1) is 8.54. The number of hydrogen-bond donors (Lipinski definition) is 1. The molecule has 1 aromatic rings. The summed E-state index contributed by atoms with van der Waals surface area (Å²) < 4.78 is 6.09. The van der Waals surface area contributed by atoms with Crippen molar-refractivity contribution >= 4 is 11.6 Å². The number of benzene rings is 1. The van der Waals surface area contributed by atoms with E-state index in [-0.39, 0.29) is 6.10 Å². The summed E-state index contributed by atoms with van der Waals surface area (Å²) in [6, 6.07) is 5.78. The molecule has 0 fully saturated rings. The van der Waals surface area contributed by atoms with Gasteiger partial charge in [-0.15, -0.1) is 0 Å². The molecule has 0 aliphatic carbocycles. The molecule has 0 radical (unpaired) electrons. The Morgan fingerprint density at radius 2 is 2.06 bits per heavy atom. The van der Waals surface area contributed by atoms with Crippen molar-refractivity contribution in [3.05, 3.63) is 28.8 Å². The summed E-state index contributed by atoms with van der Waals surface area (Å²) in [6.45, 7) is 10.5. The van der Waals surface area contributed by atoms with Crippen LogP contribution < -0.4 is 10.1 Å². The van der Waals surface area contributed by atoms with Crippen LogP contribution in [0, 0.1) is 12.8 Å². The van der Waals surface area contributed by atoms with Gasteiger partial charge in [0.1, 0.15) is 11.9 Å².